The van der Waals surface area contributed by atoms with Crippen molar-refractivity contribution in [2.45, 2.75) is 16.6 Å². The molecule has 3 aromatic rings. The molecular weight excluding hydrogens is 403 g/mol. The molecule has 6 nitrogen and oxygen atoms in total. The summed E-state index contributed by atoms with van der Waals surface area (Å²) in [5.41, 5.74) is 1.22. The van der Waals surface area contributed by atoms with Crippen LogP contribution in [0.2, 0.25) is 5.02 Å². The Bertz CT molecular complexity index is 1060. The van der Waals surface area contributed by atoms with E-state index in [4.69, 9.17) is 11.6 Å². The lowest BCUT2D eigenvalue weighted by molar-refractivity contribution is -0.120. The van der Waals surface area contributed by atoms with Gasteiger partial charge in [-0.15, -0.1) is 11.8 Å². The van der Waals surface area contributed by atoms with Crippen molar-refractivity contribution < 1.29 is 14.0 Å². The summed E-state index contributed by atoms with van der Waals surface area (Å²) in [6, 6.07) is 11.2. The van der Waals surface area contributed by atoms with Crippen molar-refractivity contribution in [3.8, 4) is 5.69 Å². The predicted molar refractivity (Wildman–Crippen MR) is 106 cm³/mol. The lowest BCUT2D eigenvalue weighted by Crippen LogP contribution is -2.32. The zero-order valence-electron chi connectivity index (χ0n) is 14.4. The maximum Gasteiger partial charge on any atom is 0.238 e. The van der Waals surface area contributed by atoms with Gasteiger partial charge in [0.25, 0.3) is 0 Å². The Labute approximate surface area is 169 Å². The first-order valence-electron chi connectivity index (χ1n) is 8.36. The van der Waals surface area contributed by atoms with E-state index in [1.807, 2.05) is 0 Å². The lowest BCUT2D eigenvalue weighted by Gasteiger charge is -2.23. The smallest absolute Gasteiger partial charge is 0.238 e. The van der Waals surface area contributed by atoms with E-state index in [-0.39, 0.29) is 23.9 Å². The number of rotatable bonds is 4. The van der Waals surface area contributed by atoms with Crippen LogP contribution >= 0.6 is 23.4 Å². The molecule has 1 aromatic heterocycles. The zero-order chi connectivity index (χ0) is 19.7. The van der Waals surface area contributed by atoms with Crippen molar-refractivity contribution in [1.82, 2.24) is 9.78 Å². The average Bonchev–Trinajstić information content (AvgIpc) is 3.17. The monoisotopic (exact) mass is 416 g/mol. The van der Waals surface area contributed by atoms with Crippen LogP contribution in [0.3, 0.4) is 0 Å². The van der Waals surface area contributed by atoms with E-state index in [0.717, 1.165) is 4.90 Å². The Balaban J connectivity index is 1.42. The van der Waals surface area contributed by atoms with Gasteiger partial charge in [-0.25, -0.2) is 9.07 Å². The van der Waals surface area contributed by atoms with Gasteiger partial charge in [-0.05, 0) is 42.5 Å². The topological polar surface area (TPSA) is 76.0 Å². The highest BCUT2D eigenvalue weighted by Gasteiger charge is 2.29. The molecule has 2 heterocycles. The summed E-state index contributed by atoms with van der Waals surface area (Å²) in [5.74, 6) is -1.16. The molecule has 0 fully saturated rings. The number of nitrogens with zero attached hydrogens (tertiary/aromatic N) is 2. The van der Waals surface area contributed by atoms with Crippen LogP contribution in [-0.2, 0) is 9.59 Å². The van der Waals surface area contributed by atoms with Crippen LogP contribution in [0.5, 0.6) is 0 Å². The summed E-state index contributed by atoms with van der Waals surface area (Å²) in [4.78, 5) is 25.5. The molecule has 142 valence electrons. The standard InChI is InChI=1S/C19H14ClFN4O2S/c20-11-2-5-16-14(8-11)24-19(27)17(28-16)10-18(26)23-12-3-4-15(13(21)9-12)25-7-1-6-22-25/h1-9,17H,10H2,(H,23,26)(H,24,27). The number of amides is 2. The summed E-state index contributed by atoms with van der Waals surface area (Å²) in [7, 11) is 0. The van der Waals surface area contributed by atoms with Crippen LogP contribution in [0, 0.1) is 5.82 Å². The highest BCUT2D eigenvalue weighted by molar-refractivity contribution is 8.01. The fraction of sp³-hybridized carbons (Fsp3) is 0.105. The maximum atomic E-state index is 14.3. The van der Waals surface area contributed by atoms with Crippen molar-refractivity contribution >= 4 is 46.6 Å². The second-order valence-electron chi connectivity index (χ2n) is 6.11. The van der Waals surface area contributed by atoms with E-state index in [1.165, 1.54) is 28.6 Å². The molecule has 1 aliphatic rings. The molecule has 0 radical (unpaired) electrons. The molecule has 2 amide bonds. The van der Waals surface area contributed by atoms with Gasteiger partial charge in [-0.2, -0.15) is 5.10 Å². The minimum Gasteiger partial charge on any atom is -0.326 e. The fourth-order valence-corrected chi connectivity index (χ4v) is 4.08. The van der Waals surface area contributed by atoms with E-state index in [2.05, 4.69) is 15.7 Å². The van der Waals surface area contributed by atoms with E-state index in [9.17, 15) is 14.0 Å². The number of carbonyl (C=O) groups is 2. The van der Waals surface area contributed by atoms with Gasteiger partial charge in [-0.3, -0.25) is 9.59 Å². The minimum absolute atomic E-state index is 0.0406. The summed E-state index contributed by atoms with van der Waals surface area (Å²) >= 11 is 7.23. The fourth-order valence-electron chi connectivity index (χ4n) is 2.82. The third-order valence-corrected chi connectivity index (χ3v) is 5.62. The summed E-state index contributed by atoms with van der Waals surface area (Å²) in [5, 5.41) is 9.32. The number of anilines is 2. The second-order valence-corrected chi connectivity index (χ2v) is 7.79. The largest absolute Gasteiger partial charge is 0.326 e. The van der Waals surface area contributed by atoms with Crippen LogP contribution in [0.15, 0.2) is 59.8 Å². The molecule has 1 unspecified atom stereocenters. The van der Waals surface area contributed by atoms with Gasteiger partial charge < -0.3 is 10.6 Å². The van der Waals surface area contributed by atoms with Crippen molar-refractivity contribution in [2.75, 3.05) is 10.6 Å². The third kappa shape index (κ3) is 3.88. The third-order valence-electron chi connectivity index (χ3n) is 4.11. The highest BCUT2D eigenvalue weighted by atomic mass is 35.5. The Morgan fingerprint density at radius 3 is 2.93 bits per heavy atom. The van der Waals surface area contributed by atoms with Gasteiger partial charge in [0, 0.05) is 34.4 Å². The summed E-state index contributed by atoms with van der Waals surface area (Å²) in [6.07, 6.45) is 3.13. The lowest BCUT2D eigenvalue weighted by atomic mass is 10.2. The number of benzene rings is 2. The molecule has 0 saturated heterocycles. The molecule has 1 atom stereocenters. The molecule has 2 aromatic carbocycles. The second kappa shape index (κ2) is 7.65. The van der Waals surface area contributed by atoms with Crippen LogP contribution in [0.25, 0.3) is 5.69 Å². The number of carbonyl (C=O) groups excluding carboxylic acids is 2. The number of aromatic nitrogens is 2. The maximum absolute atomic E-state index is 14.3. The van der Waals surface area contributed by atoms with Gasteiger partial charge in [-0.1, -0.05) is 11.6 Å². The van der Waals surface area contributed by atoms with E-state index in [0.29, 0.717) is 16.4 Å². The van der Waals surface area contributed by atoms with E-state index in [1.54, 1.807) is 42.7 Å². The predicted octanol–water partition coefficient (Wildman–Crippen LogP) is 4.11. The van der Waals surface area contributed by atoms with Crippen molar-refractivity contribution in [3.05, 3.63) is 65.7 Å². The molecule has 1 aliphatic heterocycles. The van der Waals surface area contributed by atoms with Crippen molar-refractivity contribution in [1.29, 1.82) is 0 Å². The van der Waals surface area contributed by atoms with E-state index >= 15 is 0 Å². The normalized spacial score (nSPS) is 15.6. The molecular formula is C19H14ClFN4O2S. The molecule has 28 heavy (non-hydrogen) atoms. The van der Waals surface area contributed by atoms with Gasteiger partial charge in [0.2, 0.25) is 11.8 Å². The van der Waals surface area contributed by atoms with Crippen LogP contribution < -0.4 is 10.6 Å². The first-order chi connectivity index (χ1) is 13.5. The molecule has 2 N–H and O–H groups in total. The Hall–Kier alpha value is -2.84. The number of hydrogen-bond acceptors (Lipinski definition) is 4. The molecule has 0 bridgehead atoms. The molecule has 4 rings (SSSR count). The van der Waals surface area contributed by atoms with Gasteiger partial charge in [0.05, 0.1) is 10.9 Å². The summed E-state index contributed by atoms with van der Waals surface area (Å²) < 4.78 is 15.7. The number of halogens is 2. The molecule has 0 aliphatic carbocycles. The quantitative estimate of drug-likeness (QED) is 0.671. The Morgan fingerprint density at radius 2 is 2.18 bits per heavy atom. The van der Waals surface area contributed by atoms with Gasteiger partial charge in [0.1, 0.15) is 5.69 Å². The first-order valence-corrected chi connectivity index (χ1v) is 9.62. The number of hydrogen-bond donors (Lipinski definition) is 2. The Kier molecular flexibility index (Phi) is 5.06. The number of nitrogens with one attached hydrogen (secondary N) is 2. The van der Waals surface area contributed by atoms with Crippen LogP contribution in [0.1, 0.15) is 6.42 Å². The number of thioether (sulfide) groups is 1. The number of fused-ring (bicyclic) bond motifs is 1. The van der Waals surface area contributed by atoms with Crippen molar-refractivity contribution in [3.63, 3.8) is 0 Å². The van der Waals surface area contributed by atoms with Gasteiger partial charge in [0.15, 0.2) is 5.82 Å². The molecule has 0 saturated carbocycles. The molecule has 9 heteroatoms. The minimum atomic E-state index is -0.582. The van der Waals surface area contributed by atoms with Crippen LogP contribution in [0.4, 0.5) is 15.8 Å². The summed E-state index contributed by atoms with van der Waals surface area (Å²) in [6.45, 7) is 0. The SMILES string of the molecule is O=C(CC1Sc2ccc(Cl)cc2NC1=O)Nc1ccc(-n2cccn2)c(F)c1. The Morgan fingerprint density at radius 1 is 1.32 bits per heavy atom. The highest BCUT2D eigenvalue weighted by Crippen LogP contribution is 2.38. The average molecular weight is 417 g/mol. The molecule has 0 spiro atoms. The zero-order valence-corrected chi connectivity index (χ0v) is 15.9. The van der Waals surface area contributed by atoms with Gasteiger partial charge >= 0.3 is 0 Å². The van der Waals surface area contributed by atoms with Crippen molar-refractivity contribution in [2.24, 2.45) is 0 Å². The van der Waals surface area contributed by atoms with Crippen LogP contribution in [-0.4, -0.2) is 26.8 Å². The first kappa shape index (κ1) is 18.5. The van der Waals surface area contributed by atoms with E-state index < -0.39 is 11.1 Å².